The number of nitrogens with two attached hydrogens (primary N) is 1. The first-order valence-corrected chi connectivity index (χ1v) is 8.03. The Bertz CT molecular complexity index is 535. The highest BCUT2D eigenvalue weighted by Gasteiger charge is 2.57. The van der Waals surface area contributed by atoms with Crippen LogP contribution < -0.4 is 11.1 Å². The molecule has 25 heavy (non-hydrogen) atoms. The molecule has 1 unspecified atom stereocenters. The maximum atomic E-state index is 13.3. The van der Waals surface area contributed by atoms with Crippen molar-refractivity contribution in [2.75, 3.05) is 13.1 Å². The summed E-state index contributed by atoms with van der Waals surface area (Å²) >= 11 is 0. The van der Waals surface area contributed by atoms with Gasteiger partial charge in [0, 0.05) is 39.0 Å². The third-order valence-electron chi connectivity index (χ3n) is 3.75. The molecule has 1 rings (SSSR count). The standard InChI is InChI=1S/C15H26F3N5O.HI/c1-3-4-5-6-8-21-13(19)22-9-7-14(24,15(16,17)18)12-20-10-11-23(12)2;/h10-11,24H,3-9H2,1-2H3,(H3,19,21,22);1H. The van der Waals surface area contributed by atoms with Crippen LogP contribution in [0.3, 0.4) is 0 Å². The van der Waals surface area contributed by atoms with Crippen molar-refractivity contribution in [1.29, 1.82) is 0 Å². The number of imidazole rings is 1. The van der Waals surface area contributed by atoms with Crippen molar-refractivity contribution in [2.24, 2.45) is 17.8 Å². The molecule has 146 valence electrons. The van der Waals surface area contributed by atoms with Gasteiger partial charge in [-0.15, -0.1) is 24.0 Å². The van der Waals surface area contributed by atoms with Crippen molar-refractivity contribution in [1.82, 2.24) is 14.9 Å². The second-order valence-corrected chi connectivity index (χ2v) is 5.72. The zero-order valence-corrected chi connectivity index (χ0v) is 16.8. The van der Waals surface area contributed by atoms with Gasteiger partial charge < -0.3 is 20.7 Å². The van der Waals surface area contributed by atoms with E-state index in [-0.39, 0.29) is 36.5 Å². The Hall–Kier alpha value is -1.04. The summed E-state index contributed by atoms with van der Waals surface area (Å²) in [6, 6.07) is 0. The van der Waals surface area contributed by atoms with Crippen LogP contribution in [0.15, 0.2) is 17.4 Å². The molecule has 10 heteroatoms. The molecule has 0 aliphatic carbocycles. The first-order valence-electron chi connectivity index (χ1n) is 8.03. The lowest BCUT2D eigenvalue weighted by Gasteiger charge is -2.30. The van der Waals surface area contributed by atoms with Gasteiger partial charge in [0.05, 0.1) is 0 Å². The lowest BCUT2D eigenvalue weighted by Crippen LogP contribution is -2.47. The fourth-order valence-corrected chi connectivity index (χ4v) is 2.31. The zero-order valence-electron chi connectivity index (χ0n) is 14.5. The van der Waals surface area contributed by atoms with Gasteiger partial charge in [0.1, 0.15) is 5.82 Å². The number of aromatic nitrogens is 2. The quantitative estimate of drug-likeness (QED) is 0.221. The highest BCUT2D eigenvalue weighted by molar-refractivity contribution is 14.0. The number of aryl methyl sites for hydroxylation is 1. The number of hydrogen-bond donors (Lipinski definition) is 3. The van der Waals surface area contributed by atoms with E-state index in [2.05, 4.69) is 22.2 Å². The van der Waals surface area contributed by atoms with Crippen LogP contribution in [0.2, 0.25) is 0 Å². The average molecular weight is 477 g/mol. The predicted octanol–water partition coefficient (Wildman–Crippen LogP) is 2.66. The topological polar surface area (TPSA) is 88.5 Å². The van der Waals surface area contributed by atoms with Crippen LogP contribution in [-0.4, -0.2) is 39.9 Å². The molecule has 0 aromatic carbocycles. The molecule has 0 aliphatic rings. The Morgan fingerprint density at radius 2 is 2.04 bits per heavy atom. The third-order valence-corrected chi connectivity index (χ3v) is 3.75. The van der Waals surface area contributed by atoms with E-state index in [4.69, 9.17) is 5.73 Å². The number of nitrogens with one attached hydrogen (secondary N) is 1. The lowest BCUT2D eigenvalue weighted by molar-refractivity contribution is -0.272. The summed E-state index contributed by atoms with van der Waals surface area (Å²) in [5.74, 6) is -0.372. The molecule has 6 nitrogen and oxygen atoms in total. The number of aliphatic hydroxyl groups is 1. The summed E-state index contributed by atoms with van der Waals surface area (Å²) in [7, 11) is 1.40. The molecule has 1 heterocycles. The molecule has 1 atom stereocenters. The molecular formula is C15H27F3IN5O. The van der Waals surface area contributed by atoms with Gasteiger partial charge in [-0.3, -0.25) is 4.99 Å². The number of unbranched alkanes of at least 4 members (excludes halogenated alkanes) is 3. The SMILES string of the molecule is CCCCCCN=C(N)NCCC(O)(c1nccn1C)C(F)(F)F.I. The third kappa shape index (κ3) is 7.00. The Kier molecular flexibility index (Phi) is 10.4. The molecule has 1 aromatic heterocycles. The largest absolute Gasteiger partial charge is 0.424 e. The van der Waals surface area contributed by atoms with Crippen molar-refractivity contribution in [3.8, 4) is 0 Å². The number of alkyl halides is 3. The van der Waals surface area contributed by atoms with Gasteiger partial charge in [-0.05, 0) is 6.42 Å². The van der Waals surface area contributed by atoms with Gasteiger partial charge in [0.25, 0.3) is 0 Å². The summed E-state index contributed by atoms with van der Waals surface area (Å²) in [6.07, 6.45) is 1.26. The first-order chi connectivity index (χ1) is 11.2. The summed E-state index contributed by atoms with van der Waals surface area (Å²) in [4.78, 5) is 7.69. The number of hydrogen-bond acceptors (Lipinski definition) is 3. The minimum atomic E-state index is -4.85. The summed E-state index contributed by atoms with van der Waals surface area (Å²) in [5, 5.41) is 12.8. The van der Waals surface area contributed by atoms with Crippen LogP contribution in [0.1, 0.15) is 44.9 Å². The van der Waals surface area contributed by atoms with Gasteiger partial charge in [-0.1, -0.05) is 26.2 Å². The molecular weight excluding hydrogens is 450 g/mol. The monoisotopic (exact) mass is 477 g/mol. The van der Waals surface area contributed by atoms with Crippen LogP contribution in [-0.2, 0) is 12.6 Å². The van der Waals surface area contributed by atoms with E-state index in [9.17, 15) is 18.3 Å². The van der Waals surface area contributed by atoms with Crippen molar-refractivity contribution >= 4 is 29.9 Å². The van der Waals surface area contributed by atoms with Crippen molar-refractivity contribution in [3.63, 3.8) is 0 Å². The van der Waals surface area contributed by atoms with E-state index in [1.54, 1.807) is 0 Å². The van der Waals surface area contributed by atoms with Crippen LogP contribution in [0, 0.1) is 0 Å². The Balaban J connectivity index is 0.00000576. The van der Waals surface area contributed by atoms with E-state index < -0.39 is 24.0 Å². The minimum absolute atomic E-state index is 0. The lowest BCUT2D eigenvalue weighted by atomic mass is 9.97. The molecule has 0 aliphatic heterocycles. The van der Waals surface area contributed by atoms with Gasteiger partial charge >= 0.3 is 6.18 Å². The minimum Gasteiger partial charge on any atom is -0.374 e. The van der Waals surface area contributed by atoms with E-state index in [1.165, 1.54) is 19.4 Å². The summed E-state index contributed by atoms with van der Waals surface area (Å²) < 4.78 is 41.1. The van der Waals surface area contributed by atoms with Gasteiger partial charge in [-0.25, -0.2) is 4.98 Å². The van der Waals surface area contributed by atoms with Gasteiger partial charge in [-0.2, -0.15) is 13.2 Å². The Morgan fingerprint density at radius 1 is 1.36 bits per heavy atom. The van der Waals surface area contributed by atoms with E-state index in [0.717, 1.165) is 30.3 Å². The molecule has 0 saturated carbocycles. The average Bonchev–Trinajstić information content (AvgIpc) is 2.92. The normalized spacial score (nSPS) is 14.7. The van der Waals surface area contributed by atoms with E-state index >= 15 is 0 Å². The fourth-order valence-electron chi connectivity index (χ4n) is 2.31. The maximum Gasteiger partial charge on any atom is 0.424 e. The van der Waals surface area contributed by atoms with Crippen molar-refractivity contribution < 1.29 is 18.3 Å². The van der Waals surface area contributed by atoms with Crippen LogP contribution >= 0.6 is 24.0 Å². The molecule has 4 N–H and O–H groups in total. The molecule has 0 spiro atoms. The number of guanidine groups is 1. The van der Waals surface area contributed by atoms with Gasteiger partial charge in [0.15, 0.2) is 5.96 Å². The summed E-state index contributed by atoms with van der Waals surface area (Å²) in [6.45, 7) is 2.46. The van der Waals surface area contributed by atoms with Gasteiger partial charge in [0.2, 0.25) is 5.60 Å². The van der Waals surface area contributed by atoms with Crippen molar-refractivity contribution in [3.05, 3.63) is 18.2 Å². The van der Waals surface area contributed by atoms with E-state index in [1.807, 2.05) is 0 Å². The maximum absolute atomic E-state index is 13.3. The number of halogens is 4. The molecule has 0 fully saturated rings. The molecule has 0 amide bonds. The number of nitrogens with zero attached hydrogens (tertiary/aromatic N) is 3. The van der Waals surface area contributed by atoms with Crippen LogP contribution in [0.25, 0.3) is 0 Å². The number of rotatable bonds is 9. The fraction of sp³-hybridized carbons (Fsp3) is 0.733. The predicted molar refractivity (Wildman–Crippen MR) is 102 cm³/mol. The smallest absolute Gasteiger partial charge is 0.374 e. The van der Waals surface area contributed by atoms with Crippen LogP contribution in [0.5, 0.6) is 0 Å². The first kappa shape index (κ1) is 24.0. The molecule has 1 aromatic rings. The van der Waals surface area contributed by atoms with Crippen molar-refractivity contribution in [2.45, 2.75) is 50.8 Å². The highest BCUT2D eigenvalue weighted by Crippen LogP contribution is 2.40. The highest BCUT2D eigenvalue weighted by atomic mass is 127. The molecule has 0 bridgehead atoms. The zero-order chi connectivity index (χ0) is 18.2. The molecule has 0 saturated heterocycles. The summed E-state index contributed by atoms with van der Waals surface area (Å²) in [5.41, 5.74) is 2.59. The van der Waals surface area contributed by atoms with E-state index in [0.29, 0.717) is 6.54 Å². The molecule has 0 radical (unpaired) electrons. The second-order valence-electron chi connectivity index (χ2n) is 5.72. The second kappa shape index (κ2) is 10.8. The Labute approximate surface area is 163 Å². The number of aliphatic imine (C=N–C) groups is 1. The Morgan fingerprint density at radius 3 is 2.56 bits per heavy atom. The van der Waals surface area contributed by atoms with Crippen LogP contribution in [0.4, 0.5) is 13.2 Å².